The highest BCUT2D eigenvalue weighted by molar-refractivity contribution is 6.32. The summed E-state index contributed by atoms with van der Waals surface area (Å²) in [4.78, 5) is 29.3. The molecule has 0 aromatic carbocycles. The second kappa shape index (κ2) is 6.85. The predicted molar refractivity (Wildman–Crippen MR) is 76.5 cm³/mol. The maximum absolute atomic E-state index is 13.2. The standard InChI is InChI=1S/C14H17ClFN3O2/c1-2-17-13(20)9-3-5-19(6-4-9)14(21)11-7-10(16)8-18-12(11)15/h7-9H,2-6H2,1H3,(H,17,20). The second-order valence-corrected chi connectivity index (χ2v) is 5.31. The van der Waals surface area contributed by atoms with E-state index in [1.807, 2.05) is 6.92 Å². The summed E-state index contributed by atoms with van der Waals surface area (Å²) in [5.41, 5.74) is 0.0631. The van der Waals surface area contributed by atoms with Crippen LogP contribution in [-0.4, -0.2) is 41.3 Å². The van der Waals surface area contributed by atoms with Crippen LogP contribution in [-0.2, 0) is 4.79 Å². The number of nitrogens with one attached hydrogen (secondary N) is 1. The quantitative estimate of drug-likeness (QED) is 0.866. The first-order valence-electron chi connectivity index (χ1n) is 6.91. The summed E-state index contributed by atoms with van der Waals surface area (Å²) in [5, 5.41) is 2.78. The molecule has 1 aromatic heterocycles. The van der Waals surface area contributed by atoms with E-state index in [1.165, 1.54) is 0 Å². The number of carbonyl (C=O) groups is 2. The van der Waals surface area contributed by atoms with Crippen molar-refractivity contribution in [2.75, 3.05) is 19.6 Å². The average molecular weight is 314 g/mol. The molecule has 0 radical (unpaired) electrons. The Hall–Kier alpha value is -1.69. The van der Waals surface area contributed by atoms with Gasteiger partial charge in [-0.15, -0.1) is 0 Å². The Labute approximate surface area is 127 Å². The van der Waals surface area contributed by atoms with Gasteiger partial charge in [0.2, 0.25) is 5.91 Å². The van der Waals surface area contributed by atoms with Crippen molar-refractivity contribution in [2.45, 2.75) is 19.8 Å². The maximum Gasteiger partial charge on any atom is 0.257 e. The van der Waals surface area contributed by atoms with E-state index in [-0.39, 0.29) is 28.4 Å². The number of hydrogen-bond acceptors (Lipinski definition) is 3. The molecule has 0 spiro atoms. The van der Waals surface area contributed by atoms with Crippen LogP contribution in [0.2, 0.25) is 5.15 Å². The number of carbonyl (C=O) groups excluding carboxylic acids is 2. The van der Waals surface area contributed by atoms with Gasteiger partial charge in [-0.3, -0.25) is 9.59 Å². The highest BCUT2D eigenvalue weighted by Crippen LogP contribution is 2.22. The molecular weight excluding hydrogens is 297 g/mol. The van der Waals surface area contributed by atoms with E-state index in [0.717, 1.165) is 12.3 Å². The van der Waals surface area contributed by atoms with E-state index in [0.29, 0.717) is 32.5 Å². The Bertz CT molecular complexity index is 545. The molecule has 2 amide bonds. The Balaban J connectivity index is 2.00. The number of likely N-dealkylation sites (tertiary alicyclic amines) is 1. The van der Waals surface area contributed by atoms with Crippen molar-refractivity contribution in [1.29, 1.82) is 0 Å². The van der Waals surface area contributed by atoms with E-state index >= 15 is 0 Å². The lowest BCUT2D eigenvalue weighted by atomic mass is 9.95. The predicted octanol–water partition coefficient (Wildman–Crippen LogP) is 1.86. The Morgan fingerprint density at radius 1 is 1.48 bits per heavy atom. The van der Waals surface area contributed by atoms with Crippen LogP contribution >= 0.6 is 11.6 Å². The molecule has 1 aliphatic heterocycles. The molecule has 7 heteroatoms. The summed E-state index contributed by atoms with van der Waals surface area (Å²) < 4.78 is 13.2. The van der Waals surface area contributed by atoms with Gasteiger partial charge in [-0.1, -0.05) is 11.6 Å². The number of pyridine rings is 1. The smallest absolute Gasteiger partial charge is 0.257 e. The molecule has 114 valence electrons. The molecule has 0 saturated carbocycles. The zero-order chi connectivity index (χ0) is 15.4. The topological polar surface area (TPSA) is 62.3 Å². The van der Waals surface area contributed by atoms with Crippen molar-refractivity contribution in [3.05, 3.63) is 28.8 Å². The van der Waals surface area contributed by atoms with Crippen LogP contribution in [0.15, 0.2) is 12.3 Å². The molecule has 0 bridgehead atoms. The van der Waals surface area contributed by atoms with Gasteiger partial charge in [-0.05, 0) is 25.8 Å². The van der Waals surface area contributed by atoms with Crippen LogP contribution in [0.1, 0.15) is 30.1 Å². The van der Waals surface area contributed by atoms with Crippen LogP contribution in [0.4, 0.5) is 4.39 Å². The molecule has 1 N–H and O–H groups in total. The number of piperidine rings is 1. The molecular formula is C14H17ClFN3O2. The summed E-state index contributed by atoms with van der Waals surface area (Å²) in [6, 6.07) is 1.09. The normalized spacial score (nSPS) is 15.9. The number of amides is 2. The van der Waals surface area contributed by atoms with Crippen molar-refractivity contribution in [3.63, 3.8) is 0 Å². The summed E-state index contributed by atoms with van der Waals surface area (Å²) in [6.45, 7) is 3.37. The van der Waals surface area contributed by atoms with E-state index in [4.69, 9.17) is 11.6 Å². The highest BCUT2D eigenvalue weighted by atomic mass is 35.5. The fourth-order valence-electron chi connectivity index (χ4n) is 2.41. The van der Waals surface area contributed by atoms with Crippen LogP contribution < -0.4 is 5.32 Å². The van der Waals surface area contributed by atoms with Gasteiger partial charge in [0.15, 0.2) is 0 Å². The molecule has 21 heavy (non-hydrogen) atoms. The van der Waals surface area contributed by atoms with Crippen molar-refractivity contribution in [2.24, 2.45) is 5.92 Å². The van der Waals surface area contributed by atoms with Crippen molar-refractivity contribution in [3.8, 4) is 0 Å². The third kappa shape index (κ3) is 3.69. The largest absolute Gasteiger partial charge is 0.356 e. The lowest BCUT2D eigenvalue weighted by molar-refractivity contribution is -0.126. The van der Waals surface area contributed by atoms with Gasteiger partial charge in [0.05, 0.1) is 11.8 Å². The maximum atomic E-state index is 13.2. The fourth-order valence-corrected chi connectivity index (χ4v) is 2.59. The van der Waals surface area contributed by atoms with E-state index in [9.17, 15) is 14.0 Å². The van der Waals surface area contributed by atoms with Crippen LogP contribution in [0.3, 0.4) is 0 Å². The Morgan fingerprint density at radius 2 is 2.14 bits per heavy atom. The van der Waals surface area contributed by atoms with Gasteiger partial charge < -0.3 is 10.2 Å². The summed E-state index contributed by atoms with van der Waals surface area (Å²) in [5.74, 6) is -0.994. The lowest BCUT2D eigenvalue weighted by Crippen LogP contribution is -2.43. The van der Waals surface area contributed by atoms with E-state index in [1.54, 1.807) is 4.90 Å². The average Bonchev–Trinajstić information content (AvgIpc) is 2.49. The molecule has 1 aromatic rings. The summed E-state index contributed by atoms with van der Waals surface area (Å²) >= 11 is 5.84. The minimum Gasteiger partial charge on any atom is -0.356 e. The van der Waals surface area contributed by atoms with Gasteiger partial charge in [-0.2, -0.15) is 0 Å². The summed E-state index contributed by atoms with van der Waals surface area (Å²) in [7, 11) is 0. The molecule has 0 aliphatic carbocycles. The third-order valence-corrected chi connectivity index (χ3v) is 3.84. The zero-order valence-corrected chi connectivity index (χ0v) is 12.5. The monoisotopic (exact) mass is 313 g/mol. The number of rotatable bonds is 3. The number of halogens is 2. The number of aromatic nitrogens is 1. The van der Waals surface area contributed by atoms with E-state index in [2.05, 4.69) is 10.3 Å². The minimum atomic E-state index is -0.597. The third-order valence-electron chi connectivity index (χ3n) is 3.54. The van der Waals surface area contributed by atoms with Crippen LogP contribution in [0.5, 0.6) is 0 Å². The first-order chi connectivity index (χ1) is 10.0. The molecule has 5 nitrogen and oxygen atoms in total. The Morgan fingerprint density at radius 3 is 2.76 bits per heavy atom. The van der Waals surface area contributed by atoms with Gasteiger partial charge >= 0.3 is 0 Å². The first kappa shape index (κ1) is 15.7. The van der Waals surface area contributed by atoms with Gasteiger partial charge in [0, 0.05) is 25.6 Å². The highest BCUT2D eigenvalue weighted by Gasteiger charge is 2.28. The zero-order valence-electron chi connectivity index (χ0n) is 11.7. The number of hydrogen-bond donors (Lipinski definition) is 1. The minimum absolute atomic E-state index is 0.00718. The van der Waals surface area contributed by atoms with Crippen molar-refractivity contribution in [1.82, 2.24) is 15.2 Å². The number of nitrogens with zero attached hydrogens (tertiary/aromatic N) is 2. The van der Waals surface area contributed by atoms with Crippen molar-refractivity contribution >= 4 is 23.4 Å². The molecule has 0 atom stereocenters. The molecule has 1 fully saturated rings. The fraction of sp³-hybridized carbons (Fsp3) is 0.500. The van der Waals surface area contributed by atoms with Gasteiger partial charge in [0.1, 0.15) is 11.0 Å². The Kier molecular flexibility index (Phi) is 5.12. The molecule has 1 aliphatic rings. The molecule has 0 unspecified atom stereocenters. The van der Waals surface area contributed by atoms with Gasteiger partial charge in [0.25, 0.3) is 5.91 Å². The van der Waals surface area contributed by atoms with Gasteiger partial charge in [-0.25, -0.2) is 9.37 Å². The van der Waals surface area contributed by atoms with E-state index < -0.39 is 5.82 Å². The summed E-state index contributed by atoms with van der Waals surface area (Å²) in [6.07, 6.45) is 2.16. The van der Waals surface area contributed by atoms with Crippen LogP contribution in [0.25, 0.3) is 0 Å². The molecule has 2 heterocycles. The van der Waals surface area contributed by atoms with Crippen molar-refractivity contribution < 1.29 is 14.0 Å². The van der Waals surface area contributed by atoms with Crippen LogP contribution in [0, 0.1) is 11.7 Å². The molecule has 2 rings (SSSR count). The second-order valence-electron chi connectivity index (χ2n) is 4.95. The molecule has 1 saturated heterocycles. The SMILES string of the molecule is CCNC(=O)C1CCN(C(=O)c2cc(F)cnc2Cl)CC1. The first-order valence-corrected chi connectivity index (χ1v) is 7.28. The lowest BCUT2D eigenvalue weighted by Gasteiger charge is -2.31.